The van der Waals surface area contributed by atoms with E-state index >= 15 is 0 Å². The first-order chi connectivity index (χ1) is 10.1. The lowest BCUT2D eigenvalue weighted by atomic mass is 10.1. The van der Waals surface area contributed by atoms with Gasteiger partial charge >= 0.3 is 0 Å². The molecule has 5 heteroatoms. The van der Waals surface area contributed by atoms with E-state index in [1.807, 2.05) is 55.5 Å². The third-order valence-electron chi connectivity index (χ3n) is 3.06. The average molecular weight is 358 g/mol. The van der Waals surface area contributed by atoms with Crippen molar-refractivity contribution in [1.82, 2.24) is 15.0 Å². The Morgan fingerprint density at radius 3 is 2.48 bits per heavy atom. The molecule has 0 fully saturated rings. The van der Waals surface area contributed by atoms with Gasteiger partial charge in [0.2, 0.25) is 0 Å². The highest BCUT2D eigenvalue weighted by Crippen LogP contribution is 2.28. The highest BCUT2D eigenvalue weighted by Gasteiger charge is 2.10. The van der Waals surface area contributed by atoms with Crippen molar-refractivity contribution in [1.29, 1.82) is 0 Å². The summed E-state index contributed by atoms with van der Waals surface area (Å²) in [6.45, 7) is 1.95. The van der Waals surface area contributed by atoms with Crippen molar-refractivity contribution in [3.05, 3.63) is 63.3 Å². The molecule has 0 aliphatic rings. The van der Waals surface area contributed by atoms with E-state index in [-0.39, 0.29) is 0 Å². The Morgan fingerprint density at radius 1 is 1.00 bits per heavy atom. The molecule has 0 unspecified atom stereocenters. The second kappa shape index (κ2) is 5.87. The van der Waals surface area contributed by atoms with Crippen LogP contribution in [0.2, 0.25) is 0 Å². The van der Waals surface area contributed by atoms with Crippen LogP contribution in [0.4, 0.5) is 0 Å². The number of rotatable bonds is 2. The van der Waals surface area contributed by atoms with Crippen LogP contribution >= 0.6 is 28.1 Å². The smallest absolute Gasteiger partial charge is 0.158 e. The normalized spacial score (nSPS) is 10.6. The van der Waals surface area contributed by atoms with Crippen LogP contribution in [0.3, 0.4) is 0 Å². The predicted molar refractivity (Wildman–Crippen MR) is 90.5 cm³/mol. The fourth-order valence-corrected chi connectivity index (χ4v) is 2.67. The number of hydrogen-bond acceptors (Lipinski definition) is 3. The topological polar surface area (TPSA) is 41.6 Å². The Morgan fingerprint density at radius 2 is 1.76 bits per heavy atom. The van der Waals surface area contributed by atoms with Crippen molar-refractivity contribution in [3.63, 3.8) is 0 Å². The molecule has 2 heterocycles. The quantitative estimate of drug-likeness (QED) is 0.660. The summed E-state index contributed by atoms with van der Waals surface area (Å²) in [7, 11) is 0. The van der Waals surface area contributed by atoms with E-state index in [1.165, 1.54) is 0 Å². The minimum absolute atomic E-state index is 0.519. The summed E-state index contributed by atoms with van der Waals surface area (Å²) < 4.78 is 1.31. The molecule has 0 radical (unpaired) electrons. The SMILES string of the molecule is Cc1cccc(-c2nc(=S)c(Br)c(-c3ccccc3)[nH]2)n1. The van der Waals surface area contributed by atoms with Gasteiger partial charge in [0.1, 0.15) is 10.3 Å². The lowest BCUT2D eigenvalue weighted by molar-refractivity contribution is 1.10. The summed E-state index contributed by atoms with van der Waals surface area (Å²) in [5.74, 6) is 0.672. The van der Waals surface area contributed by atoms with Crippen LogP contribution in [0.25, 0.3) is 22.8 Å². The molecule has 0 amide bonds. The van der Waals surface area contributed by atoms with Crippen LogP contribution in [0, 0.1) is 11.6 Å². The van der Waals surface area contributed by atoms with Crippen molar-refractivity contribution < 1.29 is 0 Å². The number of H-pyrrole nitrogens is 1. The number of nitrogens with zero attached hydrogens (tertiary/aromatic N) is 2. The predicted octanol–water partition coefficient (Wildman–Crippen LogP) is 4.94. The first kappa shape index (κ1) is 14.1. The molecule has 0 aliphatic carbocycles. The Balaban J connectivity index is 2.21. The fourth-order valence-electron chi connectivity index (χ4n) is 2.06. The third kappa shape index (κ3) is 2.94. The second-order valence-corrected chi connectivity index (χ2v) is 5.79. The van der Waals surface area contributed by atoms with Gasteiger partial charge in [0, 0.05) is 5.69 Å². The number of benzene rings is 1. The number of aromatic nitrogens is 3. The van der Waals surface area contributed by atoms with Crippen molar-refractivity contribution in [2.24, 2.45) is 0 Å². The number of hydrogen-bond donors (Lipinski definition) is 1. The highest BCUT2D eigenvalue weighted by atomic mass is 79.9. The molecule has 1 aromatic carbocycles. The van der Waals surface area contributed by atoms with Crippen molar-refractivity contribution in [3.8, 4) is 22.8 Å². The maximum absolute atomic E-state index is 5.36. The minimum atomic E-state index is 0.519. The zero-order chi connectivity index (χ0) is 14.8. The number of pyridine rings is 1. The van der Waals surface area contributed by atoms with Gasteiger partial charge in [0.15, 0.2) is 5.82 Å². The molecule has 1 N–H and O–H groups in total. The molecule has 0 atom stereocenters. The van der Waals surface area contributed by atoms with E-state index in [0.717, 1.165) is 27.1 Å². The number of aromatic amines is 1. The van der Waals surface area contributed by atoms with E-state index in [0.29, 0.717) is 10.5 Å². The molecule has 3 rings (SSSR count). The Bertz CT molecular complexity index is 844. The summed E-state index contributed by atoms with van der Waals surface area (Å²) in [6, 6.07) is 15.8. The molecule has 3 aromatic rings. The molecule has 2 aromatic heterocycles. The number of aryl methyl sites for hydroxylation is 1. The molecule has 0 aliphatic heterocycles. The van der Waals surface area contributed by atoms with Crippen LogP contribution in [-0.2, 0) is 0 Å². The van der Waals surface area contributed by atoms with Gasteiger partial charge in [-0.2, -0.15) is 0 Å². The lowest BCUT2D eigenvalue weighted by Crippen LogP contribution is -1.97. The van der Waals surface area contributed by atoms with E-state index in [4.69, 9.17) is 12.2 Å². The Hall–Kier alpha value is -1.85. The molecular formula is C16H12BrN3S. The lowest BCUT2D eigenvalue weighted by Gasteiger charge is -2.09. The molecular weight excluding hydrogens is 346 g/mol. The van der Waals surface area contributed by atoms with Gasteiger partial charge in [0.25, 0.3) is 0 Å². The van der Waals surface area contributed by atoms with Crippen molar-refractivity contribution in [2.45, 2.75) is 6.92 Å². The van der Waals surface area contributed by atoms with Gasteiger partial charge in [-0.05, 0) is 40.5 Å². The van der Waals surface area contributed by atoms with Crippen LogP contribution in [0.1, 0.15) is 5.69 Å². The summed E-state index contributed by atoms with van der Waals surface area (Å²) in [5.41, 5.74) is 3.68. The van der Waals surface area contributed by atoms with E-state index in [2.05, 4.69) is 30.9 Å². The van der Waals surface area contributed by atoms with Crippen LogP contribution in [0.5, 0.6) is 0 Å². The Kier molecular flexibility index (Phi) is 3.94. The molecule has 3 nitrogen and oxygen atoms in total. The molecule has 0 bridgehead atoms. The summed E-state index contributed by atoms with van der Waals surface area (Å²) in [5, 5.41) is 0. The number of nitrogens with one attached hydrogen (secondary N) is 1. The molecule has 0 saturated heterocycles. The highest BCUT2D eigenvalue weighted by molar-refractivity contribution is 9.10. The van der Waals surface area contributed by atoms with Gasteiger partial charge < -0.3 is 4.98 Å². The van der Waals surface area contributed by atoms with E-state index in [1.54, 1.807) is 0 Å². The van der Waals surface area contributed by atoms with Gasteiger partial charge in [-0.15, -0.1) is 0 Å². The van der Waals surface area contributed by atoms with Crippen molar-refractivity contribution >= 4 is 28.1 Å². The van der Waals surface area contributed by atoms with Gasteiger partial charge in [-0.1, -0.05) is 48.6 Å². The molecule has 0 saturated carbocycles. The second-order valence-electron chi connectivity index (χ2n) is 4.61. The van der Waals surface area contributed by atoms with Gasteiger partial charge in [-0.3, -0.25) is 0 Å². The third-order valence-corrected chi connectivity index (χ3v) is 4.39. The molecule has 0 spiro atoms. The first-order valence-electron chi connectivity index (χ1n) is 6.44. The summed E-state index contributed by atoms with van der Waals surface area (Å²) in [6.07, 6.45) is 0. The molecule has 21 heavy (non-hydrogen) atoms. The minimum Gasteiger partial charge on any atom is -0.337 e. The largest absolute Gasteiger partial charge is 0.337 e. The number of halogens is 1. The maximum Gasteiger partial charge on any atom is 0.158 e. The zero-order valence-electron chi connectivity index (χ0n) is 11.3. The standard InChI is InChI=1S/C16H12BrN3S/c1-10-6-5-9-12(18-10)15-19-14(13(17)16(21)20-15)11-7-3-2-4-8-11/h2-9H,1H3,(H,19,20,21). The fraction of sp³-hybridized carbons (Fsp3) is 0.0625. The van der Waals surface area contributed by atoms with Gasteiger partial charge in [0.05, 0.1) is 10.2 Å². The van der Waals surface area contributed by atoms with Crippen molar-refractivity contribution in [2.75, 3.05) is 0 Å². The van der Waals surface area contributed by atoms with Crippen LogP contribution in [0.15, 0.2) is 53.0 Å². The summed E-state index contributed by atoms with van der Waals surface area (Å²) in [4.78, 5) is 12.2. The van der Waals surface area contributed by atoms with Gasteiger partial charge in [-0.25, -0.2) is 9.97 Å². The summed E-state index contributed by atoms with van der Waals surface area (Å²) >= 11 is 8.88. The average Bonchev–Trinajstić information content (AvgIpc) is 2.51. The monoisotopic (exact) mass is 357 g/mol. The Labute approximate surface area is 136 Å². The van der Waals surface area contributed by atoms with E-state index in [9.17, 15) is 0 Å². The van der Waals surface area contributed by atoms with E-state index < -0.39 is 0 Å². The van der Waals surface area contributed by atoms with Crippen LogP contribution < -0.4 is 0 Å². The van der Waals surface area contributed by atoms with Crippen LogP contribution in [-0.4, -0.2) is 15.0 Å². The maximum atomic E-state index is 5.36. The zero-order valence-corrected chi connectivity index (χ0v) is 13.7. The molecule has 104 valence electrons. The first-order valence-corrected chi connectivity index (χ1v) is 7.64.